The first-order valence-corrected chi connectivity index (χ1v) is 10.8. The Bertz CT molecular complexity index is 1250. The normalized spacial score (nSPS) is 17.5. The molecular weight excluding hydrogens is 404 g/mol. The molecule has 32 heavy (non-hydrogen) atoms. The average molecular weight is 431 g/mol. The third-order valence-corrected chi connectivity index (χ3v) is 6.39. The fourth-order valence-corrected chi connectivity index (χ4v) is 4.99. The van der Waals surface area contributed by atoms with Gasteiger partial charge in [-0.25, -0.2) is 0 Å². The summed E-state index contributed by atoms with van der Waals surface area (Å²) in [6.07, 6.45) is 2.26. The molecule has 1 atom stereocenters. The van der Waals surface area contributed by atoms with E-state index in [2.05, 4.69) is 17.4 Å². The first kappa shape index (κ1) is 20.4. The molecule has 2 heterocycles. The first-order chi connectivity index (χ1) is 15.5. The number of carbonyl (C=O) groups is 1. The van der Waals surface area contributed by atoms with Gasteiger partial charge in [0.05, 0.1) is 26.8 Å². The lowest BCUT2D eigenvalue weighted by atomic mass is 9.74. The Hall–Kier alpha value is -3.54. The number of ether oxygens (including phenoxy) is 3. The van der Waals surface area contributed by atoms with Crippen molar-refractivity contribution in [3.63, 3.8) is 0 Å². The number of pyridine rings is 1. The molecule has 1 aliphatic carbocycles. The van der Waals surface area contributed by atoms with Crippen molar-refractivity contribution in [1.29, 1.82) is 0 Å². The molecule has 1 aromatic heterocycles. The standard InChI is InChI=1S/C26H26N2O4/c1-14-8-9-16-17(27-14)10-11-19-24(16)23(25-18(28-19)6-5-7-20(25)29)15-12-21(30-2)26(32-4)22(13-15)31-3/h8-13,23,28H,5-7H2,1-4H3/t23-/m1/s1. The molecule has 0 spiro atoms. The lowest BCUT2D eigenvalue weighted by Crippen LogP contribution is -2.27. The molecule has 1 N–H and O–H groups in total. The molecule has 6 nitrogen and oxygen atoms in total. The maximum Gasteiger partial charge on any atom is 0.203 e. The quantitative estimate of drug-likeness (QED) is 0.619. The lowest BCUT2D eigenvalue weighted by Gasteiger charge is -2.35. The zero-order valence-corrected chi connectivity index (χ0v) is 18.7. The van der Waals surface area contributed by atoms with Crippen molar-refractivity contribution in [3.8, 4) is 17.2 Å². The van der Waals surface area contributed by atoms with Crippen LogP contribution in [-0.2, 0) is 4.79 Å². The highest BCUT2D eigenvalue weighted by molar-refractivity contribution is 6.03. The van der Waals surface area contributed by atoms with Gasteiger partial charge in [-0.2, -0.15) is 0 Å². The number of aromatic nitrogens is 1. The summed E-state index contributed by atoms with van der Waals surface area (Å²) in [5, 5.41) is 4.59. The van der Waals surface area contributed by atoms with Gasteiger partial charge in [0.2, 0.25) is 5.75 Å². The van der Waals surface area contributed by atoms with Crippen LogP contribution in [0.3, 0.4) is 0 Å². The molecule has 164 valence electrons. The molecule has 0 fully saturated rings. The van der Waals surface area contributed by atoms with E-state index in [9.17, 15) is 4.79 Å². The van der Waals surface area contributed by atoms with Crippen LogP contribution in [0.4, 0.5) is 5.69 Å². The van der Waals surface area contributed by atoms with Crippen LogP contribution in [-0.4, -0.2) is 32.1 Å². The van der Waals surface area contributed by atoms with Gasteiger partial charge in [0.25, 0.3) is 0 Å². The summed E-state index contributed by atoms with van der Waals surface area (Å²) in [5.41, 5.74) is 6.69. The number of Topliss-reactive ketones (excluding diaryl/α,β-unsaturated/α-hetero) is 1. The number of methoxy groups -OCH3 is 3. The van der Waals surface area contributed by atoms with E-state index < -0.39 is 0 Å². The average Bonchev–Trinajstić information content (AvgIpc) is 2.81. The number of ketones is 1. The minimum Gasteiger partial charge on any atom is -0.493 e. The largest absolute Gasteiger partial charge is 0.493 e. The molecule has 2 aromatic carbocycles. The van der Waals surface area contributed by atoms with Gasteiger partial charge in [-0.1, -0.05) is 6.07 Å². The number of hydrogen-bond acceptors (Lipinski definition) is 6. The van der Waals surface area contributed by atoms with E-state index in [4.69, 9.17) is 19.2 Å². The highest BCUT2D eigenvalue weighted by atomic mass is 16.5. The van der Waals surface area contributed by atoms with Gasteiger partial charge in [0.1, 0.15) is 0 Å². The monoisotopic (exact) mass is 430 g/mol. The van der Waals surface area contributed by atoms with Crippen molar-refractivity contribution in [2.24, 2.45) is 0 Å². The van der Waals surface area contributed by atoms with E-state index in [-0.39, 0.29) is 11.7 Å². The lowest BCUT2D eigenvalue weighted by molar-refractivity contribution is -0.116. The van der Waals surface area contributed by atoms with Gasteiger partial charge < -0.3 is 19.5 Å². The molecule has 1 aliphatic heterocycles. The van der Waals surface area contributed by atoms with Crippen molar-refractivity contribution < 1.29 is 19.0 Å². The molecule has 2 aliphatic rings. The maximum atomic E-state index is 13.2. The fourth-order valence-electron chi connectivity index (χ4n) is 4.99. The topological polar surface area (TPSA) is 69.7 Å². The fraction of sp³-hybridized carbons (Fsp3) is 0.308. The molecule has 6 heteroatoms. The molecule has 0 amide bonds. The second-order valence-corrected chi connectivity index (χ2v) is 8.23. The van der Waals surface area contributed by atoms with E-state index in [1.54, 1.807) is 21.3 Å². The summed E-state index contributed by atoms with van der Waals surface area (Å²) in [4.78, 5) is 18.0. The Morgan fingerprint density at radius 2 is 1.72 bits per heavy atom. The Labute approximate surface area is 187 Å². The number of nitrogens with zero attached hydrogens (tertiary/aromatic N) is 1. The van der Waals surface area contributed by atoms with Crippen LogP contribution in [0.15, 0.2) is 47.7 Å². The van der Waals surface area contributed by atoms with Crippen LogP contribution in [0.5, 0.6) is 17.2 Å². The van der Waals surface area contributed by atoms with Gasteiger partial charge in [0, 0.05) is 40.4 Å². The molecule has 0 unspecified atom stereocenters. The highest BCUT2D eigenvalue weighted by Crippen LogP contribution is 2.50. The van der Waals surface area contributed by atoms with E-state index in [0.29, 0.717) is 23.7 Å². The summed E-state index contributed by atoms with van der Waals surface area (Å²) >= 11 is 0. The Morgan fingerprint density at radius 1 is 0.969 bits per heavy atom. The minimum atomic E-state index is -0.254. The number of anilines is 1. The summed E-state index contributed by atoms with van der Waals surface area (Å²) in [6.45, 7) is 1.99. The number of rotatable bonds is 4. The Morgan fingerprint density at radius 3 is 2.41 bits per heavy atom. The van der Waals surface area contributed by atoms with Crippen LogP contribution < -0.4 is 19.5 Å². The Balaban J connectivity index is 1.84. The van der Waals surface area contributed by atoms with Gasteiger partial charge in [-0.15, -0.1) is 0 Å². The number of fused-ring (bicyclic) bond motifs is 3. The van der Waals surface area contributed by atoms with Crippen LogP contribution >= 0.6 is 0 Å². The van der Waals surface area contributed by atoms with Crippen molar-refractivity contribution >= 4 is 22.4 Å². The van der Waals surface area contributed by atoms with Crippen LogP contribution in [0.25, 0.3) is 10.9 Å². The van der Waals surface area contributed by atoms with Crippen molar-refractivity contribution in [1.82, 2.24) is 4.98 Å². The predicted molar refractivity (Wildman–Crippen MR) is 124 cm³/mol. The number of allylic oxidation sites excluding steroid dienone is 2. The second kappa shape index (κ2) is 7.86. The zero-order valence-electron chi connectivity index (χ0n) is 18.7. The van der Waals surface area contributed by atoms with E-state index in [1.807, 2.05) is 31.2 Å². The predicted octanol–water partition coefficient (Wildman–Crippen LogP) is 5.13. The number of nitrogens with one attached hydrogen (secondary N) is 1. The van der Waals surface area contributed by atoms with Crippen molar-refractivity contribution in [2.75, 3.05) is 26.6 Å². The minimum absolute atomic E-state index is 0.181. The number of carbonyl (C=O) groups excluding carboxylic acids is 1. The molecule has 0 saturated carbocycles. The van der Waals surface area contributed by atoms with Crippen molar-refractivity contribution in [3.05, 3.63) is 64.5 Å². The molecule has 3 aromatic rings. The molecule has 0 saturated heterocycles. The van der Waals surface area contributed by atoms with Gasteiger partial charge in [-0.05, 0) is 61.2 Å². The summed E-state index contributed by atoms with van der Waals surface area (Å²) < 4.78 is 16.8. The molecule has 5 rings (SSSR count). The van der Waals surface area contributed by atoms with Crippen LogP contribution in [0.2, 0.25) is 0 Å². The third-order valence-electron chi connectivity index (χ3n) is 6.39. The van der Waals surface area contributed by atoms with E-state index in [1.165, 1.54) is 0 Å². The Kier molecular flexibility index (Phi) is 5.00. The molecular formula is C26H26N2O4. The van der Waals surface area contributed by atoms with E-state index >= 15 is 0 Å². The van der Waals surface area contributed by atoms with Crippen LogP contribution in [0.1, 0.15) is 42.0 Å². The van der Waals surface area contributed by atoms with Crippen molar-refractivity contribution in [2.45, 2.75) is 32.1 Å². The maximum absolute atomic E-state index is 13.2. The highest BCUT2D eigenvalue weighted by Gasteiger charge is 2.37. The zero-order chi connectivity index (χ0) is 22.4. The van der Waals surface area contributed by atoms with Gasteiger partial charge >= 0.3 is 0 Å². The summed E-state index contributed by atoms with van der Waals surface area (Å²) in [7, 11) is 4.80. The first-order valence-electron chi connectivity index (χ1n) is 10.8. The van der Waals surface area contributed by atoms with Gasteiger partial charge in [-0.3, -0.25) is 9.78 Å². The van der Waals surface area contributed by atoms with Crippen LogP contribution in [0, 0.1) is 6.92 Å². The third kappa shape index (κ3) is 3.09. The number of benzene rings is 2. The SMILES string of the molecule is COc1cc([C@H]2C3=C(CCCC3=O)Nc3ccc4nc(C)ccc4c32)cc(OC)c1OC. The second-order valence-electron chi connectivity index (χ2n) is 8.23. The van der Waals surface area contributed by atoms with E-state index in [0.717, 1.165) is 57.5 Å². The summed E-state index contributed by atoms with van der Waals surface area (Å²) in [6, 6.07) is 12.1. The van der Waals surface area contributed by atoms with Gasteiger partial charge in [0.15, 0.2) is 17.3 Å². The smallest absolute Gasteiger partial charge is 0.203 e. The summed E-state index contributed by atoms with van der Waals surface area (Å²) in [5.74, 6) is 1.60. The number of hydrogen-bond donors (Lipinski definition) is 1. The molecule has 0 bridgehead atoms. The number of aryl methyl sites for hydroxylation is 1. The molecule has 0 radical (unpaired) electrons.